The molecule has 1 saturated carbocycles. The number of methoxy groups -OCH3 is 1. The Hall–Kier alpha value is -0.640. The van der Waals surface area contributed by atoms with Crippen molar-refractivity contribution in [3.05, 3.63) is 34.6 Å². The lowest BCUT2D eigenvalue weighted by molar-refractivity contribution is -0.116. The highest BCUT2D eigenvalue weighted by Crippen LogP contribution is 2.35. The third kappa shape index (κ3) is 2.68. The monoisotopic (exact) mass is 272 g/mol. The van der Waals surface area contributed by atoms with Crippen LogP contribution < -0.4 is 0 Å². The zero-order valence-electron chi connectivity index (χ0n) is 10.5. The second kappa shape index (κ2) is 5.55. The number of benzene rings is 1. The average molecular weight is 273 g/mol. The summed E-state index contributed by atoms with van der Waals surface area (Å²) in [4.78, 5) is 0. The fourth-order valence-corrected chi connectivity index (χ4v) is 2.94. The molecule has 2 rings (SSSR count). The smallest absolute Gasteiger partial charge is 0.142 e. The maximum Gasteiger partial charge on any atom is 0.142 e. The third-order valence-corrected chi connectivity index (χ3v) is 4.16. The largest absolute Gasteiger partial charge is 0.387 e. The van der Waals surface area contributed by atoms with Crippen molar-refractivity contribution in [1.29, 1.82) is 0 Å². The van der Waals surface area contributed by atoms with E-state index < -0.39 is 11.4 Å². The van der Waals surface area contributed by atoms with Gasteiger partial charge in [0.25, 0.3) is 0 Å². The summed E-state index contributed by atoms with van der Waals surface area (Å²) >= 11 is 5.94. The van der Waals surface area contributed by atoms with Crippen LogP contribution in [0.4, 0.5) is 4.39 Å². The molecular weight excluding hydrogens is 255 g/mol. The van der Waals surface area contributed by atoms with Crippen molar-refractivity contribution in [3.8, 4) is 0 Å². The molecule has 0 amide bonds. The van der Waals surface area contributed by atoms with Crippen molar-refractivity contribution >= 4 is 11.6 Å². The molecule has 1 aromatic rings. The van der Waals surface area contributed by atoms with Crippen molar-refractivity contribution < 1.29 is 14.2 Å². The van der Waals surface area contributed by atoms with Crippen LogP contribution in [0.3, 0.4) is 0 Å². The van der Waals surface area contributed by atoms with E-state index in [1.54, 1.807) is 19.2 Å². The standard InChI is InChI=1S/C14H18ClFO2/c1-18-12-7-2-3-8-14(12,17)9-10-5-4-6-11(16)13(10)15/h4-6,12,17H,2-3,7-9H2,1H3. The van der Waals surface area contributed by atoms with E-state index in [0.717, 1.165) is 19.3 Å². The summed E-state index contributed by atoms with van der Waals surface area (Å²) in [5.74, 6) is -0.442. The molecule has 1 N–H and O–H groups in total. The van der Waals surface area contributed by atoms with Gasteiger partial charge in [-0.2, -0.15) is 0 Å². The molecule has 1 aliphatic carbocycles. The number of aliphatic hydroxyl groups is 1. The molecule has 100 valence electrons. The molecule has 1 fully saturated rings. The summed E-state index contributed by atoms with van der Waals surface area (Å²) in [6.45, 7) is 0. The Labute approximate surface area is 112 Å². The highest BCUT2D eigenvalue weighted by molar-refractivity contribution is 6.31. The Morgan fingerprint density at radius 1 is 1.50 bits per heavy atom. The van der Waals surface area contributed by atoms with Crippen molar-refractivity contribution in [2.24, 2.45) is 0 Å². The normalized spacial score (nSPS) is 28.3. The number of hydrogen-bond donors (Lipinski definition) is 1. The minimum Gasteiger partial charge on any atom is -0.387 e. The summed E-state index contributed by atoms with van der Waals surface area (Å²) < 4.78 is 18.8. The lowest BCUT2D eigenvalue weighted by atomic mass is 9.78. The van der Waals surface area contributed by atoms with Crippen molar-refractivity contribution in [2.75, 3.05) is 7.11 Å². The van der Waals surface area contributed by atoms with Gasteiger partial charge in [0.05, 0.1) is 16.7 Å². The minimum absolute atomic E-state index is 0.103. The summed E-state index contributed by atoms with van der Waals surface area (Å²) in [6, 6.07) is 4.69. The molecule has 0 saturated heterocycles. The molecule has 0 radical (unpaired) electrons. The summed E-state index contributed by atoms with van der Waals surface area (Å²) in [5, 5.41) is 10.8. The fourth-order valence-electron chi connectivity index (χ4n) is 2.74. The van der Waals surface area contributed by atoms with E-state index in [1.807, 2.05) is 0 Å². The van der Waals surface area contributed by atoms with E-state index in [1.165, 1.54) is 6.07 Å². The van der Waals surface area contributed by atoms with Gasteiger partial charge in [-0.15, -0.1) is 0 Å². The highest BCUT2D eigenvalue weighted by Gasteiger charge is 2.39. The lowest BCUT2D eigenvalue weighted by Crippen LogP contribution is -2.47. The van der Waals surface area contributed by atoms with Gasteiger partial charge in [-0.05, 0) is 24.5 Å². The Balaban J connectivity index is 2.23. The molecule has 0 heterocycles. The molecule has 2 unspecified atom stereocenters. The zero-order valence-corrected chi connectivity index (χ0v) is 11.2. The first-order valence-corrected chi connectivity index (χ1v) is 6.63. The highest BCUT2D eigenvalue weighted by atomic mass is 35.5. The van der Waals surface area contributed by atoms with Crippen LogP contribution in [-0.2, 0) is 11.2 Å². The Morgan fingerprint density at radius 3 is 3.00 bits per heavy atom. The molecular formula is C14H18ClFO2. The van der Waals surface area contributed by atoms with E-state index in [-0.39, 0.29) is 11.1 Å². The summed E-state index contributed by atoms with van der Waals surface area (Å²) in [6.07, 6.45) is 3.65. The SMILES string of the molecule is COC1CCCCC1(O)Cc1cccc(F)c1Cl. The van der Waals surface area contributed by atoms with E-state index in [0.29, 0.717) is 18.4 Å². The van der Waals surface area contributed by atoms with Crippen LogP contribution in [0.5, 0.6) is 0 Å². The number of hydrogen-bond acceptors (Lipinski definition) is 2. The summed E-state index contributed by atoms with van der Waals surface area (Å²) in [7, 11) is 1.61. The molecule has 4 heteroatoms. The maximum atomic E-state index is 13.4. The van der Waals surface area contributed by atoms with Gasteiger partial charge < -0.3 is 9.84 Å². The van der Waals surface area contributed by atoms with E-state index >= 15 is 0 Å². The number of ether oxygens (including phenoxy) is 1. The van der Waals surface area contributed by atoms with Crippen LogP contribution in [0.2, 0.25) is 5.02 Å². The number of halogens is 2. The maximum absolute atomic E-state index is 13.4. The van der Waals surface area contributed by atoms with Gasteiger partial charge in [0, 0.05) is 13.5 Å². The van der Waals surface area contributed by atoms with Crippen LogP contribution >= 0.6 is 11.6 Å². The van der Waals surface area contributed by atoms with Crippen molar-refractivity contribution in [3.63, 3.8) is 0 Å². The molecule has 18 heavy (non-hydrogen) atoms. The first-order chi connectivity index (χ1) is 8.57. The fraction of sp³-hybridized carbons (Fsp3) is 0.571. The molecule has 0 bridgehead atoms. The molecule has 1 aliphatic rings. The quantitative estimate of drug-likeness (QED) is 0.914. The van der Waals surface area contributed by atoms with Gasteiger partial charge in [-0.25, -0.2) is 4.39 Å². The van der Waals surface area contributed by atoms with Gasteiger partial charge in [-0.3, -0.25) is 0 Å². The first-order valence-electron chi connectivity index (χ1n) is 6.25. The second-order valence-electron chi connectivity index (χ2n) is 4.96. The predicted octanol–water partition coefficient (Wildman–Crippen LogP) is 3.34. The van der Waals surface area contributed by atoms with Crippen molar-refractivity contribution in [1.82, 2.24) is 0 Å². The third-order valence-electron chi connectivity index (χ3n) is 3.74. The van der Waals surface area contributed by atoms with Crippen LogP contribution in [0.25, 0.3) is 0 Å². The van der Waals surface area contributed by atoms with Gasteiger partial charge in [0.1, 0.15) is 5.82 Å². The molecule has 0 spiro atoms. The van der Waals surface area contributed by atoms with Crippen molar-refractivity contribution in [2.45, 2.75) is 43.8 Å². The molecule has 0 aromatic heterocycles. The van der Waals surface area contributed by atoms with E-state index in [4.69, 9.17) is 16.3 Å². The first kappa shape index (κ1) is 13.8. The van der Waals surface area contributed by atoms with Crippen LogP contribution in [-0.4, -0.2) is 23.9 Å². The molecule has 0 aliphatic heterocycles. The average Bonchev–Trinajstić information content (AvgIpc) is 2.35. The van der Waals surface area contributed by atoms with Gasteiger partial charge in [-0.1, -0.05) is 36.6 Å². The Bertz CT molecular complexity index is 424. The molecule has 1 aromatic carbocycles. The molecule has 2 nitrogen and oxygen atoms in total. The van der Waals surface area contributed by atoms with E-state index in [9.17, 15) is 9.50 Å². The van der Waals surface area contributed by atoms with Gasteiger partial charge in [0.15, 0.2) is 0 Å². The Morgan fingerprint density at radius 2 is 2.28 bits per heavy atom. The lowest BCUT2D eigenvalue weighted by Gasteiger charge is -2.39. The summed E-state index contributed by atoms with van der Waals surface area (Å²) in [5.41, 5.74) is -0.298. The number of rotatable bonds is 3. The topological polar surface area (TPSA) is 29.5 Å². The Kier molecular flexibility index (Phi) is 4.25. The minimum atomic E-state index is -0.940. The second-order valence-corrected chi connectivity index (χ2v) is 5.34. The van der Waals surface area contributed by atoms with E-state index in [2.05, 4.69) is 0 Å². The predicted molar refractivity (Wildman–Crippen MR) is 69.3 cm³/mol. The van der Waals surface area contributed by atoms with Crippen LogP contribution in [0.15, 0.2) is 18.2 Å². The van der Waals surface area contributed by atoms with Gasteiger partial charge >= 0.3 is 0 Å². The molecule has 2 atom stereocenters. The van der Waals surface area contributed by atoms with Crippen LogP contribution in [0, 0.1) is 5.82 Å². The van der Waals surface area contributed by atoms with Crippen LogP contribution in [0.1, 0.15) is 31.2 Å². The van der Waals surface area contributed by atoms with Gasteiger partial charge in [0.2, 0.25) is 0 Å². The zero-order chi connectivity index (χ0) is 13.2.